The number of hydrogen-bond acceptors (Lipinski definition) is 5. The second-order valence-corrected chi connectivity index (χ2v) is 11.4. The standard InChI is InChI=1S/C31H24ClN5O3S/c1-16-15-41-29-25(38)10-24-28(27(16)29)19(11-32)14-37(24)26(39)7-6-18-12-33-30-21(18)9-20(13-34-30)35-31(40)23-8-17-4-2-3-5-22(17)36-23/h2-10,12-13,15,19,36,38H,11,14H2,1H3,(H,33,34)(H,35,40)/b7-6+. The van der Waals surface area contributed by atoms with Crippen molar-refractivity contribution in [2.75, 3.05) is 22.6 Å². The molecule has 7 rings (SSSR count). The number of anilines is 2. The molecule has 10 heteroatoms. The molecule has 8 nitrogen and oxygen atoms in total. The predicted molar refractivity (Wildman–Crippen MR) is 165 cm³/mol. The Hall–Kier alpha value is -4.60. The van der Waals surface area contributed by atoms with Crippen molar-refractivity contribution in [2.24, 2.45) is 0 Å². The minimum Gasteiger partial charge on any atom is -0.506 e. The van der Waals surface area contributed by atoms with Gasteiger partial charge in [0.1, 0.15) is 17.1 Å². The van der Waals surface area contributed by atoms with E-state index in [0.717, 1.165) is 43.1 Å². The maximum Gasteiger partial charge on any atom is 0.272 e. The number of pyridine rings is 1. The molecular weight excluding hydrogens is 558 g/mol. The number of amides is 2. The quantitative estimate of drug-likeness (QED) is 0.131. The summed E-state index contributed by atoms with van der Waals surface area (Å²) in [6, 6.07) is 13.0. The third kappa shape index (κ3) is 4.25. The average Bonchev–Trinajstić information content (AvgIpc) is 3.75. The van der Waals surface area contributed by atoms with E-state index in [2.05, 4.69) is 20.3 Å². The van der Waals surface area contributed by atoms with Crippen LogP contribution in [-0.4, -0.2) is 44.3 Å². The van der Waals surface area contributed by atoms with E-state index in [1.165, 1.54) is 17.4 Å². The number of carbonyl (C=O) groups is 2. The fourth-order valence-electron chi connectivity index (χ4n) is 5.62. The molecule has 204 valence electrons. The van der Waals surface area contributed by atoms with Crippen LogP contribution in [0.2, 0.25) is 0 Å². The molecule has 4 aromatic heterocycles. The number of nitrogens with zero attached hydrogens (tertiary/aromatic N) is 2. The minimum absolute atomic E-state index is 0.0267. The molecule has 1 aliphatic heterocycles. The second kappa shape index (κ2) is 9.79. The van der Waals surface area contributed by atoms with Gasteiger partial charge in [-0.05, 0) is 47.7 Å². The maximum absolute atomic E-state index is 13.4. The molecule has 1 unspecified atom stereocenters. The molecule has 0 radical (unpaired) electrons. The number of hydrogen-bond donors (Lipinski definition) is 4. The number of H-pyrrole nitrogens is 2. The van der Waals surface area contributed by atoms with Gasteiger partial charge < -0.3 is 25.3 Å². The normalized spacial score (nSPS) is 15.0. The molecule has 1 atom stereocenters. The van der Waals surface area contributed by atoms with Crippen LogP contribution >= 0.6 is 22.9 Å². The van der Waals surface area contributed by atoms with Crippen LogP contribution in [0.5, 0.6) is 5.75 Å². The summed E-state index contributed by atoms with van der Waals surface area (Å²) < 4.78 is 0.819. The van der Waals surface area contributed by atoms with E-state index in [1.54, 1.807) is 29.4 Å². The van der Waals surface area contributed by atoms with Gasteiger partial charge in [0.15, 0.2) is 0 Å². The van der Waals surface area contributed by atoms with Gasteiger partial charge in [-0.1, -0.05) is 18.2 Å². The summed E-state index contributed by atoms with van der Waals surface area (Å²) in [4.78, 5) is 38.7. The molecule has 41 heavy (non-hydrogen) atoms. The Bertz CT molecular complexity index is 2010. The number of nitrogens with one attached hydrogen (secondary N) is 3. The second-order valence-electron chi connectivity index (χ2n) is 10.2. The number of aryl methyl sites for hydroxylation is 1. The van der Waals surface area contributed by atoms with Crippen molar-refractivity contribution in [1.82, 2.24) is 15.0 Å². The summed E-state index contributed by atoms with van der Waals surface area (Å²) in [5.41, 5.74) is 6.03. The first-order chi connectivity index (χ1) is 19.9. The van der Waals surface area contributed by atoms with Gasteiger partial charge in [0.25, 0.3) is 11.8 Å². The van der Waals surface area contributed by atoms with Crippen LogP contribution in [0, 0.1) is 6.92 Å². The molecule has 2 aromatic carbocycles. The van der Waals surface area contributed by atoms with E-state index in [4.69, 9.17) is 11.6 Å². The van der Waals surface area contributed by atoms with Crippen LogP contribution in [0.15, 0.2) is 66.3 Å². The largest absolute Gasteiger partial charge is 0.506 e. The molecule has 0 bridgehead atoms. The van der Waals surface area contributed by atoms with Crippen LogP contribution in [-0.2, 0) is 4.79 Å². The molecule has 2 amide bonds. The Labute approximate surface area is 243 Å². The predicted octanol–water partition coefficient (Wildman–Crippen LogP) is 6.91. The Kier molecular flexibility index (Phi) is 6.06. The number of aromatic amines is 2. The van der Waals surface area contributed by atoms with E-state index in [9.17, 15) is 14.7 Å². The van der Waals surface area contributed by atoms with Crippen LogP contribution in [0.4, 0.5) is 11.4 Å². The first-order valence-corrected chi connectivity index (χ1v) is 14.5. The number of thiophene rings is 1. The molecule has 5 heterocycles. The van der Waals surface area contributed by atoms with Crippen molar-refractivity contribution >= 4 is 84.2 Å². The average molecular weight is 582 g/mol. The SMILES string of the molecule is Cc1csc2c(O)cc3c(c12)C(CCl)CN3C(=O)/C=C/c1c[nH]c2ncc(NC(=O)c3cc4ccccc4[nH]3)cc12. The fourth-order valence-corrected chi connectivity index (χ4v) is 6.86. The zero-order valence-corrected chi connectivity index (χ0v) is 23.4. The Morgan fingerprint density at radius 2 is 2.12 bits per heavy atom. The van der Waals surface area contributed by atoms with Crippen LogP contribution < -0.4 is 10.2 Å². The Morgan fingerprint density at radius 3 is 2.95 bits per heavy atom. The molecule has 1 aliphatic rings. The molecule has 0 spiro atoms. The summed E-state index contributed by atoms with van der Waals surface area (Å²) in [6.07, 6.45) is 6.61. The van der Waals surface area contributed by atoms with Crippen molar-refractivity contribution in [2.45, 2.75) is 12.8 Å². The highest BCUT2D eigenvalue weighted by Gasteiger charge is 2.34. The number of rotatable bonds is 5. The van der Waals surface area contributed by atoms with Crippen LogP contribution in [0.1, 0.15) is 33.1 Å². The zero-order chi connectivity index (χ0) is 28.2. The third-order valence-electron chi connectivity index (χ3n) is 7.58. The van der Waals surface area contributed by atoms with Gasteiger partial charge in [-0.15, -0.1) is 22.9 Å². The molecule has 0 fully saturated rings. The summed E-state index contributed by atoms with van der Waals surface area (Å²) in [5, 5.41) is 18.3. The number of fused-ring (bicyclic) bond motifs is 5. The van der Waals surface area contributed by atoms with Gasteiger partial charge in [-0.2, -0.15) is 0 Å². The molecule has 0 saturated heterocycles. The van der Waals surface area contributed by atoms with Gasteiger partial charge >= 0.3 is 0 Å². The van der Waals surface area contributed by atoms with Crippen molar-refractivity contribution in [3.8, 4) is 5.75 Å². The maximum atomic E-state index is 13.4. The van der Waals surface area contributed by atoms with Gasteiger partial charge in [0, 0.05) is 63.9 Å². The number of halogens is 1. The molecular formula is C31H24ClN5O3S. The van der Waals surface area contributed by atoms with E-state index in [1.807, 2.05) is 48.7 Å². The first-order valence-electron chi connectivity index (χ1n) is 13.1. The van der Waals surface area contributed by atoms with Gasteiger partial charge in [-0.25, -0.2) is 4.98 Å². The third-order valence-corrected chi connectivity index (χ3v) is 9.07. The number of aromatic hydroxyl groups is 1. The van der Waals surface area contributed by atoms with Crippen molar-refractivity contribution in [3.63, 3.8) is 0 Å². The number of carbonyl (C=O) groups excluding carboxylic acids is 2. The highest BCUT2D eigenvalue weighted by atomic mass is 35.5. The van der Waals surface area contributed by atoms with Gasteiger partial charge in [0.2, 0.25) is 0 Å². The number of para-hydroxylation sites is 1. The van der Waals surface area contributed by atoms with Crippen LogP contribution in [0.25, 0.3) is 38.1 Å². The smallest absolute Gasteiger partial charge is 0.272 e. The fraction of sp³-hybridized carbons (Fsp3) is 0.129. The van der Waals surface area contributed by atoms with Crippen molar-refractivity contribution in [3.05, 3.63) is 88.7 Å². The zero-order valence-electron chi connectivity index (χ0n) is 21.9. The summed E-state index contributed by atoms with van der Waals surface area (Å²) >= 11 is 7.84. The number of benzene rings is 2. The summed E-state index contributed by atoms with van der Waals surface area (Å²) in [6.45, 7) is 2.45. The van der Waals surface area contributed by atoms with E-state index in [0.29, 0.717) is 35.1 Å². The molecule has 0 aliphatic carbocycles. The summed E-state index contributed by atoms with van der Waals surface area (Å²) in [5.74, 6) is 0.0252. The first kappa shape index (κ1) is 25.4. The minimum atomic E-state index is -0.273. The van der Waals surface area contributed by atoms with E-state index in [-0.39, 0.29) is 23.5 Å². The number of phenols is 1. The number of phenolic OH excluding ortho intramolecular Hbond substituents is 1. The lowest BCUT2D eigenvalue weighted by Crippen LogP contribution is -2.28. The lowest BCUT2D eigenvalue weighted by molar-refractivity contribution is -0.114. The summed E-state index contributed by atoms with van der Waals surface area (Å²) in [7, 11) is 0. The topological polar surface area (TPSA) is 114 Å². The van der Waals surface area contributed by atoms with E-state index >= 15 is 0 Å². The Balaban J connectivity index is 1.15. The number of alkyl halides is 1. The highest BCUT2D eigenvalue weighted by molar-refractivity contribution is 7.17. The van der Waals surface area contributed by atoms with Crippen molar-refractivity contribution < 1.29 is 14.7 Å². The molecule has 4 N–H and O–H groups in total. The molecule has 6 aromatic rings. The van der Waals surface area contributed by atoms with Gasteiger partial charge in [-0.3, -0.25) is 9.59 Å². The lowest BCUT2D eigenvalue weighted by atomic mass is 9.97. The van der Waals surface area contributed by atoms with Gasteiger partial charge in [0.05, 0.1) is 22.3 Å². The Morgan fingerprint density at radius 1 is 1.27 bits per heavy atom. The van der Waals surface area contributed by atoms with Crippen LogP contribution in [0.3, 0.4) is 0 Å². The highest BCUT2D eigenvalue weighted by Crippen LogP contribution is 2.48. The van der Waals surface area contributed by atoms with E-state index < -0.39 is 0 Å². The molecule has 0 saturated carbocycles. The lowest BCUT2D eigenvalue weighted by Gasteiger charge is -2.16. The van der Waals surface area contributed by atoms with Crippen molar-refractivity contribution in [1.29, 1.82) is 0 Å². The monoisotopic (exact) mass is 581 g/mol. The number of aromatic nitrogens is 3.